The number of carbonyl (C=O) groups is 3. The van der Waals surface area contributed by atoms with E-state index in [1.54, 1.807) is 30.3 Å². The number of imide groups is 1. The lowest BCUT2D eigenvalue weighted by Crippen LogP contribution is -2.27. The van der Waals surface area contributed by atoms with Crippen LogP contribution in [0.1, 0.15) is 27.8 Å². The van der Waals surface area contributed by atoms with Gasteiger partial charge >= 0.3 is 0 Å². The second-order valence-electron chi connectivity index (χ2n) is 8.58. The van der Waals surface area contributed by atoms with Crippen LogP contribution in [0.15, 0.2) is 70.0 Å². The van der Waals surface area contributed by atoms with Gasteiger partial charge in [-0.15, -0.1) is 0 Å². The van der Waals surface area contributed by atoms with Crippen molar-refractivity contribution in [2.75, 3.05) is 11.9 Å². The second kappa shape index (κ2) is 11.1. The standard InChI is InChI=1S/C28H25BrN2O4S/c1-17-5-4-6-21(11-17)15-31-27(33)25(36-28(31)34)14-20-7-9-22(10-8-20)35-16-26(32)30-24-13-19(3)18(2)12-23(24)29/h4-14H,15-16H2,1-3H3,(H,30,32)/b25-14-. The zero-order valence-electron chi connectivity index (χ0n) is 20.1. The van der Waals surface area contributed by atoms with E-state index in [4.69, 9.17) is 4.74 Å². The van der Waals surface area contributed by atoms with Crippen LogP contribution in [-0.4, -0.2) is 28.6 Å². The predicted octanol–water partition coefficient (Wildman–Crippen LogP) is 6.63. The van der Waals surface area contributed by atoms with Crippen molar-refractivity contribution in [3.63, 3.8) is 0 Å². The largest absolute Gasteiger partial charge is 0.484 e. The Labute approximate surface area is 222 Å². The van der Waals surface area contributed by atoms with E-state index in [0.29, 0.717) is 16.3 Å². The Morgan fingerprint density at radius 3 is 2.47 bits per heavy atom. The molecule has 0 aromatic heterocycles. The monoisotopic (exact) mass is 564 g/mol. The number of rotatable bonds is 7. The van der Waals surface area contributed by atoms with Crippen molar-refractivity contribution in [2.45, 2.75) is 27.3 Å². The fraction of sp³-hybridized carbons (Fsp3) is 0.179. The summed E-state index contributed by atoms with van der Waals surface area (Å²) in [6.45, 7) is 6.07. The number of ether oxygens (including phenoxy) is 1. The number of nitrogens with one attached hydrogen (secondary N) is 1. The van der Waals surface area contributed by atoms with Gasteiger partial charge < -0.3 is 10.1 Å². The molecular formula is C28H25BrN2O4S. The Hall–Kier alpha value is -3.36. The van der Waals surface area contributed by atoms with Crippen molar-refractivity contribution in [1.82, 2.24) is 4.90 Å². The zero-order chi connectivity index (χ0) is 25.8. The van der Waals surface area contributed by atoms with E-state index in [1.807, 2.05) is 57.2 Å². The average molecular weight is 565 g/mol. The summed E-state index contributed by atoms with van der Waals surface area (Å²) in [7, 11) is 0. The third kappa shape index (κ3) is 6.25. The van der Waals surface area contributed by atoms with Crippen LogP contribution in [0.3, 0.4) is 0 Å². The van der Waals surface area contributed by atoms with Gasteiger partial charge in [0, 0.05) is 4.47 Å². The van der Waals surface area contributed by atoms with Crippen LogP contribution in [0.25, 0.3) is 6.08 Å². The minimum absolute atomic E-state index is 0.142. The van der Waals surface area contributed by atoms with E-state index >= 15 is 0 Å². The van der Waals surface area contributed by atoms with E-state index < -0.39 is 0 Å². The van der Waals surface area contributed by atoms with Gasteiger partial charge in [-0.05, 0) is 101 Å². The first kappa shape index (κ1) is 25.7. The smallest absolute Gasteiger partial charge is 0.293 e. The van der Waals surface area contributed by atoms with Crippen molar-refractivity contribution in [1.29, 1.82) is 0 Å². The van der Waals surface area contributed by atoms with Gasteiger partial charge in [-0.25, -0.2) is 0 Å². The Kier molecular flexibility index (Phi) is 7.96. The maximum atomic E-state index is 12.8. The van der Waals surface area contributed by atoms with E-state index in [1.165, 1.54) is 4.90 Å². The van der Waals surface area contributed by atoms with Crippen molar-refractivity contribution in [3.8, 4) is 5.75 Å². The van der Waals surface area contributed by atoms with Crippen LogP contribution in [0.4, 0.5) is 10.5 Å². The molecule has 1 N–H and O–H groups in total. The zero-order valence-corrected chi connectivity index (χ0v) is 22.5. The summed E-state index contributed by atoms with van der Waals surface area (Å²) in [5.41, 5.74) is 5.65. The van der Waals surface area contributed by atoms with E-state index in [9.17, 15) is 14.4 Å². The van der Waals surface area contributed by atoms with Crippen molar-refractivity contribution in [3.05, 3.63) is 97.9 Å². The Morgan fingerprint density at radius 1 is 1.03 bits per heavy atom. The Bertz CT molecular complexity index is 1370. The molecule has 3 amide bonds. The SMILES string of the molecule is Cc1cccc(CN2C(=O)S/C(=C\c3ccc(OCC(=O)Nc4cc(C)c(C)cc4Br)cc3)C2=O)c1. The molecule has 0 bridgehead atoms. The van der Waals surface area contributed by atoms with Crippen molar-refractivity contribution >= 4 is 56.5 Å². The lowest BCUT2D eigenvalue weighted by atomic mass is 10.1. The Balaban J connectivity index is 1.34. The molecule has 0 spiro atoms. The number of carbonyl (C=O) groups excluding carboxylic acids is 3. The van der Waals surface area contributed by atoms with E-state index in [2.05, 4.69) is 21.2 Å². The highest BCUT2D eigenvalue weighted by Gasteiger charge is 2.34. The molecule has 0 atom stereocenters. The Morgan fingerprint density at radius 2 is 1.75 bits per heavy atom. The number of thioether (sulfide) groups is 1. The molecule has 3 aromatic carbocycles. The van der Waals surface area contributed by atoms with Crippen molar-refractivity contribution in [2.24, 2.45) is 0 Å². The van der Waals surface area contributed by atoms with Crippen molar-refractivity contribution < 1.29 is 19.1 Å². The number of benzene rings is 3. The molecule has 1 saturated heterocycles. The number of amides is 3. The molecule has 1 heterocycles. The summed E-state index contributed by atoms with van der Waals surface area (Å²) in [5, 5.41) is 2.56. The van der Waals surface area contributed by atoms with Gasteiger partial charge in [-0.3, -0.25) is 19.3 Å². The maximum Gasteiger partial charge on any atom is 0.293 e. The molecule has 36 heavy (non-hydrogen) atoms. The van der Waals surface area contributed by atoms with Gasteiger partial charge in [0.15, 0.2) is 6.61 Å². The predicted molar refractivity (Wildman–Crippen MR) is 147 cm³/mol. The first-order chi connectivity index (χ1) is 17.2. The normalized spacial score (nSPS) is 14.4. The van der Waals surface area contributed by atoms with E-state index in [-0.39, 0.29) is 30.2 Å². The molecule has 1 fully saturated rings. The number of hydrogen-bond acceptors (Lipinski definition) is 5. The van der Waals surface area contributed by atoms with Gasteiger partial charge in [0.25, 0.3) is 17.1 Å². The summed E-state index contributed by atoms with van der Waals surface area (Å²) in [4.78, 5) is 39.2. The molecule has 0 unspecified atom stereocenters. The minimum atomic E-state index is -0.305. The quantitative estimate of drug-likeness (QED) is 0.326. The van der Waals surface area contributed by atoms with E-state index in [0.717, 1.165) is 44.1 Å². The van der Waals surface area contributed by atoms with Gasteiger partial charge in [0.2, 0.25) is 0 Å². The van der Waals surface area contributed by atoms with Crippen LogP contribution < -0.4 is 10.1 Å². The van der Waals surface area contributed by atoms with Gasteiger partial charge in [-0.1, -0.05) is 42.0 Å². The number of nitrogens with zero attached hydrogens (tertiary/aromatic N) is 1. The molecule has 0 saturated carbocycles. The van der Waals surface area contributed by atoms with Crippen LogP contribution in [0, 0.1) is 20.8 Å². The summed E-state index contributed by atoms with van der Waals surface area (Å²) < 4.78 is 6.42. The van der Waals surface area contributed by atoms with Crippen LogP contribution in [0.2, 0.25) is 0 Å². The summed E-state index contributed by atoms with van der Waals surface area (Å²) in [5.74, 6) is -0.0553. The fourth-order valence-electron chi connectivity index (χ4n) is 3.65. The molecule has 0 radical (unpaired) electrons. The molecule has 0 aliphatic carbocycles. The molecule has 1 aliphatic rings. The fourth-order valence-corrected chi connectivity index (χ4v) is 5.05. The van der Waals surface area contributed by atoms with Gasteiger partial charge in [0.1, 0.15) is 5.75 Å². The molecule has 3 aromatic rings. The first-order valence-corrected chi connectivity index (χ1v) is 12.9. The van der Waals surface area contributed by atoms with Crippen LogP contribution in [-0.2, 0) is 16.1 Å². The topological polar surface area (TPSA) is 75.7 Å². The number of anilines is 1. The second-order valence-corrected chi connectivity index (χ2v) is 10.4. The average Bonchev–Trinajstić information content (AvgIpc) is 3.09. The number of aryl methyl sites for hydroxylation is 3. The molecule has 4 rings (SSSR count). The molecule has 8 heteroatoms. The van der Waals surface area contributed by atoms with Gasteiger partial charge in [0.05, 0.1) is 17.1 Å². The highest BCUT2D eigenvalue weighted by molar-refractivity contribution is 9.10. The lowest BCUT2D eigenvalue weighted by Gasteiger charge is -2.12. The molecule has 1 aliphatic heterocycles. The molecule has 184 valence electrons. The highest BCUT2D eigenvalue weighted by atomic mass is 79.9. The van der Waals surface area contributed by atoms with Crippen LogP contribution in [0.5, 0.6) is 5.75 Å². The van der Waals surface area contributed by atoms with Crippen LogP contribution >= 0.6 is 27.7 Å². The summed E-state index contributed by atoms with van der Waals surface area (Å²) in [6.07, 6.45) is 1.69. The third-order valence-electron chi connectivity index (χ3n) is 5.70. The van der Waals surface area contributed by atoms with Gasteiger partial charge in [-0.2, -0.15) is 0 Å². The highest BCUT2D eigenvalue weighted by Crippen LogP contribution is 2.33. The summed E-state index contributed by atoms with van der Waals surface area (Å²) in [6, 6.07) is 18.6. The minimum Gasteiger partial charge on any atom is -0.484 e. The molecular weight excluding hydrogens is 540 g/mol. The third-order valence-corrected chi connectivity index (χ3v) is 7.27. The summed E-state index contributed by atoms with van der Waals surface area (Å²) >= 11 is 4.40. The number of hydrogen-bond donors (Lipinski definition) is 1. The molecule has 6 nitrogen and oxygen atoms in total. The lowest BCUT2D eigenvalue weighted by molar-refractivity contribution is -0.123. The first-order valence-electron chi connectivity index (χ1n) is 11.3. The maximum absolute atomic E-state index is 12.8. The number of halogens is 1.